The van der Waals surface area contributed by atoms with E-state index in [4.69, 9.17) is 5.73 Å². The van der Waals surface area contributed by atoms with Gasteiger partial charge in [-0.15, -0.1) is 0 Å². The van der Waals surface area contributed by atoms with Crippen LogP contribution in [0.15, 0.2) is 36.5 Å². The number of phenolic OH excluding ortho intramolecular Hbond substituents is 1. The number of carbonyl (C=O) groups excluding carboxylic acids is 5. The molecule has 0 radical (unpaired) electrons. The minimum absolute atomic E-state index is 0.00292. The van der Waals surface area contributed by atoms with Crippen molar-refractivity contribution in [2.75, 3.05) is 14.1 Å². The molecule has 38 heavy (non-hydrogen) atoms. The van der Waals surface area contributed by atoms with E-state index in [9.17, 15) is 34.2 Å². The maximum absolute atomic E-state index is 13.8. The second kappa shape index (κ2) is 9.07. The molecule has 10 heteroatoms. The van der Waals surface area contributed by atoms with Crippen molar-refractivity contribution >= 4 is 41.2 Å². The Morgan fingerprint density at radius 1 is 1.11 bits per heavy atom. The molecule has 1 aromatic carbocycles. The van der Waals surface area contributed by atoms with Crippen LogP contribution in [0.2, 0.25) is 0 Å². The third-order valence-corrected chi connectivity index (χ3v) is 8.10. The number of phenols is 1. The maximum Gasteiger partial charge on any atom is 0.235 e. The highest BCUT2D eigenvalue weighted by Gasteiger charge is 2.69. The Morgan fingerprint density at radius 2 is 1.84 bits per heavy atom. The number of primary amides is 1. The first-order valence-corrected chi connectivity index (χ1v) is 12.3. The van der Waals surface area contributed by atoms with E-state index in [1.807, 2.05) is 12.1 Å². The molecule has 10 nitrogen and oxygen atoms in total. The van der Waals surface area contributed by atoms with E-state index in [1.165, 1.54) is 11.0 Å². The van der Waals surface area contributed by atoms with Gasteiger partial charge in [0.05, 0.1) is 23.2 Å². The number of likely N-dealkylation sites (N-methyl/N-ethyl adjacent to an activating group) is 1. The number of rotatable bonds is 4. The third-order valence-electron chi connectivity index (χ3n) is 8.10. The molecule has 0 saturated heterocycles. The van der Waals surface area contributed by atoms with Gasteiger partial charge in [-0.3, -0.25) is 33.9 Å². The van der Waals surface area contributed by atoms with Crippen molar-refractivity contribution in [3.8, 4) is 5.75 Å². The molecule has 3 aliphatic rings. The summed E-state index contributed by atoms with van der Waals surface area (Å²) in [7, 11) is 3.10. The topological polar surface area (TPSA) is 168 Å². The van der Waals surface area contributed by atoms with Crippen LogP contribution in [-0.4, -0.2) is 74.9 Å². The molecule has 4 N–H and O–H groups in total. The van der Waals surface area contributed by atoms with E-state index in [0.717, 1.165) is 0 Å². The summed E-state index contributed by atoms with van der Waals surface area (Å²) in [5, 5.41) is 22.2. The normalized spacial score (nSPS) is 30.8. The summed E-state index contributed by atoms with van der Waals surface area (Å²) >= 11 is 0. The molecule has 0 spiro atoms. The lowest BCUT2D eigenvalue weighted by Gasteiger charge is -2.52. The van der Waals surface area contributed by atoms with Gasteiger partial charge in [-0.2, -0.15) is 0 Å². The van der Waals surface area contributed by atoms with E-state index >= 15 is 0 Å². The smallest absolute Gasteiger partial charge is 0.235 e. The molecule has 6 atom stereocenters. The number of aromatic hydroxyl groups is 1. The molecule has 196 valence electrons. The van der Waals surface area contributed by atoms with Crippen molar-refractivity contribution < 1.29 is 34.2 Å². The molecule has 0 aliphatic heterocycles. The zero-order valence-corrected chi connectivity index (χ0v) is 20.8. The predicted molar refractivity (Wildman–Crippen MR) is 135 cm³/mol. The molecular weight excluding hydrogens is 490 g/mol. The number of aliphatic hydroxyl groups is 1. The number of hydrogen-bond acceptors (Lipinski definition) is 9. The lowest BCUT2D eigenvalue weighted by molar-refractivity contribution is -0.181. The number of carbonyl (C=O) groups is 5. The number of fused-ring (bicyclic) bond motifs is 3. The molecular formula is C28H27N3O7. The molecule has 3 aliphatic carbocycles. The van der Waals surface area contributed by atoms with Gasteiger partial charge in [-0.25, -0.2) is 0 Å². The van der Waals surface area contributed by atoms with Gasteiger partial charge in [0.25, 0.3) is 0 Å². The first-order valence-electron chi connectivity index (χ1n) is 12.3. The molecule has 1 heterocycles. The van der Waals surface area contributed by atoms with Gasteiger partial charge in [0.2, 0.25) is 5.91 Å². The van der Waals surface area contributed by atoms with E-state index in [-0.39, 0.29) is 24.2 Å². The number of benzene rings is 1. The Kier molecular flexibility index (Phi) is 6.12. The van der Waals surface area contributed by atoms with Gasteiger partial charge < -0.3 is 15.9 Å². The summed E-state index contributed by atoms with van der Waals surface area (Å²) in [5.74, 6) is -10.6. The summed E-state index contributed by atoms with van der Waals surface area (Å²) in [4.78, 5) is 71.8. The maximum atomic E-state index is 13.8. The summed E-state index contributed by atoms with van der Waals surface area (Å²) in [6, 6.07) is 7.31. The quantitative estimate of drug-likeness (QED) is 0.487. The monoisotopic (exact) mass is 517 g/mol. The van der Waals surface area contributed by atoms with Gasteiger partial charge in [0.1, 0.15) is 5.75 Å². The van der Waals surface area contributed by atoms with Crippen molar-refractivity contribution in [1.29, 1.82) is 0 Å². The number of ketones is 4. The van der Waals surface area contributed by atoms with Gasteiger partial charge >= 0.3 is 0 Å². The Balaban J connectivity index is 1.60. The highest BCUT2D eigenvalue weighted by Crippen LogP contribution is 2.51. The number of Topliss-reactive ketones (excluding diaryl/α,β-unsaturated/α-hetero) is 4. The average molecular weight is 518 g/mol. The average Bonchev–Trinajstić information content (AvgIpc) is 2.86. The Labute approximate surface area is 218 Å². The van der Waals surface area contributed by atoms with Crippen molar-refractivity contribution in [3.63, 3.8) is 0 Å². The van der Waals surface area contributed by atoms with Gasteiger partial charge in [-0.05, 0) is 68.3 Å². The number of hydrogen-bond donors (Lipinski definition) is 3. The van der Waals surface area contributed by atoms with Crippen LogP contribution < -0.4 is 5.73 Å². The van der Waals surface area contributed by atoms with Crippen LogP contribution in [0.4, 0.5) is 0 Å². The zero-order chi connectivity index (χ0) is 27.5. The predicted octanol–water partition coefficient (Wildman–Crippen LogP) is 0.432. The first kappa shape index (κ1) is 25.6. The summed E-state index contributed by atoms with van der Waals surface area (Å²) < 4.78 is 0. The van der Waals surface area contributed by atoms with E-state index < -0.39 is 64.4 Å². The SMILES string of the molecule is CN(C)[C@@H]1C(=O)C(C(N)=O)C(=O)[C@@]2(O)C(=O)C3C(=O)c4c(O)ccc(C=Cc5ccccn5)c4C[C@H]3C[C@@H]12. The molecule has 1 amide bonds. The zero-order valence-electron chi connectivity index (χ0n) is 20.8. The molecule has 2 fully saturated rings. The second-order valence-electron chi connectivity index (χ2n) is 10.4. The summed E-state index contributed by atoms with van der Waals surface area (Å²) in [5.41, 5.74) is 4.43. The van der Waals surface area contributed by atoms with Crippen LogP contribution >= 0.6 is 0 Å². The molecule has 2 saturated carbocycles. The summed E-state index contributed by atoms with van der Waals surface area (Å²) in [6.07, 6.45) is 5.37. The fourth-order valence-electron chi connectivity index (χ4n) is 6.43. The van der Waals surface area contributed by atoms with Crippen molar-refractivity contribution in [3.05, 3.63) is 58.9 Å². The summed E-state index contributed by atoms with van der Waals surface area (Å²) in [6.45, 7) is 0. The second-order valence-corrected chi connectivity index (χ2v) is 10.4. The fraction of sp³-hybridized carbons (Fsp3) is 0.357. The van der Waals surface area contributed by atoms with Gasteiger partial charge in [0.15, 0.2) is 34.7 Å². The number of nitrogens with zero attached hydrogens (tertiary/aromatic N) is 2. The van der Waals surface area contributed by atoms with Crippen LogP contribution in [0.3, 0.4) is 0 Å². The number of pyridine rings is 1. The van der Waals surface area contributed by atoms with Crippen molar-refractivity contribution in [2.24, 2.45) is 29.4 Å². The van der Waals surface area contributed by atoms with Crippen LogP contribution in [0.5, 0.6) is 5.75 Å². The minimum atomic E-state index is -2.73. The van der Waals surface area contributed by atoms with Gasteiger partial charge in [-0.1, -0.05) is 18.2 Å². The lowest BCUT2D eigenvalue weighted by atomic mass is 9.52. The lowest BCUT2D eigenvalue weighted by Crippen LogP contribution is -2.74. The van der Waals surface area contributed by atoms with Crippen LogP contribution in [0.1, 0.15) is 33.6 Å². The Morgan fingerprint density at radius 3 is 2.47 bits per heavy atom. The number of amides is 1. The molecule has 1 aromatic heterocycles. The molecule has 2 aromatic rings. The van der Waals surface area contributed by atoms with Crippen molar-refractivity contribution in [1.82, 2.24) is 9.88 Å². The number of aromatic nitrogens is 1. The van der Waals surface area contributed by atoms with E-state index in [2.05, 4.69) is 4.98 Å². The number of nitrogens with two attached hydrogens (primary N) is 1. The third kappa shape index (κ3) is 3.63. The van der Waals surface area contributed by atoms with Crippen molar-refractivity contribution in [2.45, 2.75) is 24.5 Å². The molecule has 2 unspecified atom stereocenters. The Hall–Kier alpha value is -4.02. The first-order chi connectivity index (χ1) is 18.0. The van der Waals surface area contributed by atoms with Crippen LogP contribution in [-0.2, 0) is 25.6 Å². The minimum Gasteiger partial charge on any atom is -0.507 e. The Bertz CT molecular complexity index is 1420. The highest BCUT2D eigenvalue weighted by molar-refractivity contribution is 6.32. The van der Waals surface area contributed by atoms with Gasteiger partial charge in [0, 0.05) is 12.1 Å². The highest BCUT2D eigenvalue weighted by atomic mass is 16.3. The van der Waals surface area contributed by atoms with E-state index in [0.29, 0.717) is 16.8 Å². The molecule has 5 rings (SSSR count). The van der Waals surface area contributed by atoms with E-state index in [1.54, 1.807) is 44.6 Å². The largest absolute Gasteiger partial charge is 0.507 e. The fourth-order valence-corrected chi connectivity index (χ4v) is 6.43. The molecule has 0 bridgehead atoms. The standard InChI is InChI=1S/C28H27N3O7/c1-31(2)22-17-12-14-11-16-13(6-8-15-5-3-4-10-30-15)7-9-18(32)20(16)23(33)19(14)25(35)28(17,38)26(36)21(24(22)34)27(29)37/h3-10,14,17,19,21-22,32,38H,11-12H2,1-2H3,(H2,29,37)/t14-,17-,19?,21?,22-,28-/m0/s1. The van der Waals surface area contributed by atoms with Crippen LogP contribution in [0, 0.1) is 23.7 Å². The van der Waals surface area contributed by atoms with Crippen LogP contribution in [0.25, 0.3) is 12.2 Å².